The van der Waals surface area contributed by atoms with Crippen molar-refractivity contribution in [2.24, 2.45) is 0 Å². The normalized spacial score (nSPS) is 12.6. The van der Waals surface area contributed by atoms with Crippen LogP contribution >= 0.6 is 11.6 Å². The first-order chi connectivity index (χ1) is 13.7. The molecule has 1 aromatic heterocycles. The van der Waals surface area contributed by atoms with Crippen molar-refractivity contribution in [1.29, 1.82) is 0 Å². The topological polar surface area (TPSA) is 34.4 Å². The first kappa shape index (κ1) is 20.0. The molecule has 3 aromatic carbocycles. The lowest BCUT2D eigenvalue weighted by Gasteiger charge is -2.37. The second kappa shape index (κ2) is 7.21. The standard InChI is InChI=1S/C24H24BClNO2/c1-23(2,28)24(3,4)29-25-16-10-12-21-19(14-16)20-15-17(26)11-13-22(20)27(21)18-8-6-5-7-9-18/h5-15,28H,1-4H3. The molecule has 0 saturated carbocycles. The molecule has 0 unspecified atom stereocenters. The molecule has 0 saturated heterocycles. The summed E-state index contributed by atoms with van der Waals surface area (Å²) in [4.78, 5) is 0. The quantitative estimate of drug-likeness (QED) is 0.461. The van der Waals surface area contributed by atoms with Gasteiger partial charge in [-0.05, 0) is 64.1 Å². The lowest BCUT2D eigenvalue weighted by molar-refractivity contribution is -0.0893. The van der Waals surface area contributed by atoms with Crippen LogP contribution in [-0.2, 0) is 4.65 Å². The summed E-state index contributed by atoms with van der Waals surface area (Å²) in [7, 11) is 1.72. The highest BCUT2D eigenvalue weighted by atomic mass is 35.5. The van der Waals surface area contributed by atoms with Gasteiger partial charge >= 0.3 is 7.48 Å². The molecule has 0 aliphatic rings. The van der Waals surface area contributed by atoms with Gasteiger partial charge in [0.25, 0.3) is 0 Å². The molecule has 0 aliphatic heterocycles. The van der Waals surface area contributed by atoms with Crippen LogP contribution < -0.4 is 5.46 Å². The van der Waals surface area contributed by atoms with Gasteiger partial charge in [0.15, 0.2) is 0 Å². The molecule has 0 amide bonds. The van der Waals surface area contributed by atoms with Crippen LogP contribution in [0, 0.1) is 0 Å². The monoisotopic (exact) mass is 404 g/mol. The van der Waals surface area contributed by atoms with E-state index in [0.29, 0.717) is 5.02 Å². The minimum absolute atomic E-state index is 0.707. The van der Waals surface area contributed by atoms with Gasteiger partial charge in [0.2, 0.25) is 0 Å². The van der Waals surface area contributed by atoms with E-state index in [2.05, 4.69) is 34.9 Å². The highest BCUT2D eigenvalue weighted by Crippen LogP contribution is 2.33. The van der Waals surface area contributed by atoms with E-state index in [1.165, 1.54) is 0 Å². The summed E-state index contributed by atoms with van der Waals surface area (Å²) in [6.07, 6.45) is 0. The van der Waals surface area contributed by atoms with E-state index in [1.54, 1.807) is 21.3 Å². The van der Waals surface area contributed by atoms with Crippen LogP contribution in [-0.4, -0.2) is 28.4 Å². The fourth-order valence-corrected chi connectivity index (χ4v) is 3.47. The summed E-state index contributed by atoms with van der Waals surface area (Å²) in [6, 6.07) is 22.5. The maximum Gasteiger partial charge on any atom is 0.330 e. The van der Waals surface area contributed by atoms with E-state index < -0.39 is 11.2 Å². The van der Waals surface area contributed by atoms with Crippen molar-refractivity contribution in [2.75, 3.05) is 0 Å². The molecule has 1 N–H and O–H groups in total. The van der Waals surface area contributed by atoms with Crippen LogP contribution in [0.15, 0.2) is 66.7 Å². The van der Waals surface area contributed by atoms with E-state index in [0.717, 1.165) is 33.0 Å². The van der Waals surface area contributed by atoms with Gasteiger partial charge in [-0.25, -0.2) is 0 Å². The number of para-hydroxylation sites is 1. The summed E-state index contributed by atoms with van der Waals surface area (Å²) in [5.74, 6) is 0. The average molecular weight is 405 g/mol. The van der Waals surface area contributed by atoms with Gasteiger partial charge in [-0.2, -0.15) is 0 Å². The molecule has 1 heterocycles. The first-order valence-corrected chi connectivity index (χ1v) is 10.1. The Morgan fingerprint density at radius 1 is 0.862 bits per heavy atom. The molecule has 0 spiro atoms. The summed E-state index contributed by atoms with van der Waals surface area (Å²) < 4.78 is 8.19. The van der Waals surface area contributed by atoms with E-state index in [1.807, 2.05) is 50.2 Å². The van der Waals surface area contributed by atoms with Gasteiger partial charge in [0.1, 0.15) is 0 Å². The molecule has 0 atom stereocenters. The van der Waals surface area contributed by atoms with Gasteiger partial charge < -0.3 is 14.3 Å². The smallest absolute Gasteiger partial charge is 0.330 e. The maximum atomic E-state index is 10.3. The van der Waals surface area contributed by atoms with E-state index >= 15 is 0 Å². The molecule has 4 rings (SSSR count). The van der Waals surface area contributed by atoms with Crippen LogP contribution in [0.4, 0.5) is 0 Å². The molecular formula is C24H24BClNO2. The predicted molar refractivity (Wildman–Crippen MR) is 123 cm³/mol. The van der Waals surface area contributed by atoms with Crippen molar-refractivity contribution in [1.82, 2.24) is 4.57 Å². The molecule has 147 valence electrons. The second-order valence-corrected chi connectivity index (χ2v) is 8.85. The Balaban J connectivity index is 1.83. The molecular weight excluding hydrogens is 381 g/mol. The largest absolute Gasteiger partial charge is 0.427 e. The van der Waals surface area contributed by atoms with Crippen LogP contribution in [0.3, 0.4) is 0 Å². The molecule has 0 bridgehead atoms. The van der Waals surface area contributed by atoms with Crippen molar-refractivity contribution in [3.63, 3.8) is 0 Å². The van der Waals surface area contributed by atoms with Crippen molar-refractivity contribution in [3.8, 4) is 5.69 Å². The number of benzene rings is 3. The molecule has 0 aliphatic carbocycles. The molecule has 29 heavy (non-hydrogen) atoms. The average Bonchev–Trinajstić information content (AvgIpc) is 2.99. The van der Waals surface area contributed by atoms with Crippen molar-refractivity contribution in [3.05, 3.63) is 71.8 Å². The highest BCUT2D eigenvalue weighted by molar-refractivity contribution is 6.47. The summed E-state index contributed by atoms with van der Waals surface area (Å²) >= 11 is 6.32. The third-order valence-corrected chi connectivity index (χ3v) is 5.96. The number of hydrogen-bond acceptors (Lipinski definition) is 2. The van der Waals surface area contributed by atoms with Gasteiger partial charge in [-0.3, -0.25) is 0 Å². The number of aromatic nitrogens is 1. The van der Waals surface area contributed by atoms with Crippen molar-refractivity contribution >= 4 is 46.4 Å². The predicted octanol–water partition coefficient (Wildman–Crippen LogP) is 5.25. The van der Waals surface area contributed by atoms with Crippen LogP contribution in [0.25, 0.3) is 27.5 Å². The van der Waals surface area contributed by atoms with E-state index in [-0.39, 0.29) is 0 Å². The Labute approximate surface area is 177 Å². The second-order valence-electron chi connectivity index (χ2n) is 8.41. The molecule has 1 radical (unpaired) electrons. The number of aliphatic hydroxyl groups is 1. The number of hydrogen-bond donors (Lipinski definition) is 1. The fraction of sp³-hybridized carbons (Fsp3) is 0.250. The Morgan fingerprint density at radius 2 is 1.48 bits per heavy atom. The zero-order valence-corrected chi connectivity index (χ0v) is 17.9. The summed E-state index contributed by atoms with van der Waals surface area (Å²) in [6.45, 7) is 7.26. The molecule has 5 heteroatoms. The van der Waals surface area contributed by atoms with Gasteiger partial charge in [-0.1, -0.05) is 47.4 Å². The number of fused-ring (bicyclic) bond motifs is 3. The van der Waals surface area contributed by atoms with Gasteiger partial charge in [0.05, 0.1) is 22.2 Å². The third kappa shape index (κ3) is 3.68. The van der Waals surface area contributed by atoms with Gasteiger partial charge in [-0.15, -0.1) is 0 Å². The highest BCUT2D eigenvalue weighted by Gasteiger charge is 2.35. The van der Waals surface area contributed by atoms with Crippen molar-refractivity contribution in [2.45, 2.75) is 38.9 Å². The number of rotatable bonds is 5. The first-order valence-electron chi connectivity index (χ1n) is 9.70. The minimum Gasteiger partial charge on any atom is -0.427 e. The molecule has 4 aromatic rings. The van der Waals surface area contributed by atoms with Crippen molar-refractivity contribution < 1.29 is 9.76 Å². The Bertz CT molecular complexity index is 1180. The maximum absolute atomic E-state index is 10.3. The van der Waals surface area contributed by atoms with E-state index in [9.17, 15) is 5.11 Å². The van der Waals surface area contributed by atoms with Gasteiger partial charge in [0, 0.05) is 21.5 Å². The summed E-state index contributed by atoms with van der Waals surface area (Å²) in [5, 5.41) is 13.2. The number of nitrogens with zero attached hydrogens (tertiary/aromatic N) is 1. The zero-order chi connectivity index (χ0) is 20.8. The van der Waals surface area contributed by atoms with Crippen LogP contribution in [0.2, 0.25) is 5.02 Å². The Morgan fingerprint density at radius 3 is 2.14 bits per heavy atom. The minimum atomic E-state index is -0.968. The molecule has 3 nitrogen and oxygen atoms in total. The zero-order valence-electron chi connectivity index (χ0n) is 17.1. The number of halogens is 1. The third-order valence-electron chi connectivity index (χ3n) is 5.73. The fourth-order valence-electron chi connectivity index (χ4n) is 3.30. The SMILES string of the molecule is CC(C)(O)C(C)(C)O[B]c1ccc2c(c1)c1cc(Cl)ccc1n2-c1ccccc1. The van der Waals surface area contributed by atoms with Crippen LogP contribution in [0.1, 0.15) is 27.7 Å². The van der Waals surface area contributed by atoms with Crippen LogP contribution in [0.5, 0.6) is 0 Å². The molecule has 0 fully saturated rings. The lowest BCUT2D eigenvalue weighted by atomic mass is 9.82. The Hall–Kier alpha value is -2.27. The van der Waals surface area contributed by atoms with E-state index in [4.69, 9.17) is 16.3 Å². The lowest BCUT2D eigenvalue weighted by Crippen LogP contribution is -2.49. The Kier molecular flexibility index (Phi) is 4.98. The summed E-state index contributed by atoms with van der Waals surface area (Å²) in [5.41, 5.74) is 2.55.